The van der Waals surface area contributed by atoms with Gasteiger partial charge in [-0.2, -0.15) is 13.2 Å². The standard InChI is InChI=1S/C21H16ClF3N2O5S/c22-17-8-12(11-28)4-7-18(17)32-19-9-13(21(23,24)25)5-6-16(19)20(29)27-14-2-1-3-15(10-14)33(26,30)31/h1-10,28H,11H2,(H,27,29)(H2,26,30,31). The van der Waals surface area contributed by atoms with Crippen LogP contribution in [0.5, 0.6) is 11.5 Å². The Hall–Kier alpha value is -3.12. The van der Waals surface area contributed by atoms with Crippen molar-refractivity contribution < 1.29 is 36.2 Å². The van der Waals surface area contributed by atoms with E-state index in [1.807, 2.05) is 0 Å². The Labute approximate surface area is 191 Å². The quantitative estimate of drug-likeness (QED) is 0.459. The summed E-state index contributed by atoms with van der Waals surface area (Å²) in [5, 5.41) is 16.7. The lowest BCUT2D eigenvalue weighted by Gasteiger charge is -2.16. The minimum atomic E-state index is -4.71. The van der Waals surface area contributed by atoms with Gasteiger partial charge < -0.3 is 15.2 Å². The minimum Gasteiger partial charge on any atom is -0.455 e. The van der Waals surface area contributed by atoms with Crippen molar-refractivity contribution in [3.05, 3.63) is 82.4 Å². The molecule has 174 valence electrons. The van der Waals surface area contributed by atoms with Crippen LogP contribution in [0.3, 0.4) is 0 Å². The molecule has 0 heterocycles. The number of carbonyl (C=O) groups excluding carboxylic acids is 1. The number of aliphatic hydroxyl groups is 1. The second kappa shape index (κ2) is 9.40. The molecule has 4 N–H and O–H groups in total. The van der Waals surface area contributed by atoms with Gasteiger partial charge in [-0.25, -0.2) is 13.6 Å². The van der Waals surface area contributed by atoms with Gasteiger partial charge in [-0.1, -0.05) is 23.7 Å². The van der Waals surface area contributed by atoms with Gasteiger partial charge in [-0.3, -0.25) is 4.79 Å². The van der Waals surface area contributed by atoms with Crippen molar-refractivity contribution in [3.63, 3.8) is 0 Å². The number of amides is 1. The second-order valence-corrected chi connectivity index (χ2v) is 8.73. The number of anilines is 1. The number of alkyl halides is 3. The topological polar surface area (TPSA) is 119 Å². The van der Waals surface area contributed by atoms with E-state index >= 15 is 0 Å². The number of rotatable bonds is 6. The molecule has 0 aliphatic heterocycles. The molecule has 12 heteroatoms. The van der Waals surface area contributed by atoms with E-state index in [1.54, 1.807) is 0 Å². The monoisotopic (exact) mass is 500 g/mol. The molecule has 0 unspecified atom stereocenters. The van der Waals surface area contributed by atoms with Crippen LogP contribution >= 0.6 is 11.6 Å². The van der Waals surface area contributed by atoms with Crippen molar-refractivity contribution in [1.29, 1.82) is 0 Å². The molecular weight excluding hydrogens is 485 g/mol. The molecule has 0 saturated carbocycles. The van der Waals surface area contributed by atoms with Gasteiger partial charge in [0.15, 0.2) is 0 Å². The normalized spacial score (nSPS) is 11.8. The van der Waals surface area contributed by atoms with Gasteiger partial charge in [0.1, 0.15) is 11.5 Å². The number of halogens is 4. The highest BCUT2D eigenvalue weighted by molar-refractivity contribution is 7.89. The van der Waals surface area contributed by atoms with Crippen LogP contribution in [-0.4, -0.2) is 19.4 Å². The lowest BCUT2D eigenvalue weighted by Crippen LogP contribution is -2.16. The zero-order valence-corrected chi connectivity index (χ0v) is 18.1. The number of aliphatic hydroxyl groups excluding tert-OH is 1. The van der Waals surface area contributed by atoms with Crippen LogP contribution in [-0.2, 0) is 22.8 Å². The second-order valence-electron chi connectivity index (χ2n) is 6.76. The molecule has 0 aliphatic carbocycles. The smallest absolute Gasteiger partial charge is 0.416 e. The number of hydrogen-bond acceptors (Lipinski definition) is 5. The maximum absolute atomic E-state index is 13.2. The third kappa shape index (κ3) is 6.02. The fraction of sp³-hybridized carbons (Fsp3) is 0.0952. The molecular formula is C21H16ClF3N2O5S. The van der Waals surface area contributed by atoms with Crippen molar-refractivity contribution >= 4 is 33.2 Å². The summed E-state index contributed by atoms with van der Waals surface area (Å²) in [6.45, 7) is -0.311. The van der Waals surface area contributed by atoms with E-state index in [1.165, 1.54) is 36.4 Å². The molecule has 0 atom stereocenters. The van der Waals surface area contributed by atoms with Crippen molar-refractivity contribution in [3.8, 4) is 11.5 Å². The van der Waals surface area contributed by atoms with Crippen LogP contribution in [0.4, 0.5) is 18.9 Å². The number of carbonyl (C=O) groups is 1. The SMILES string of the molecule is NS(=O)(=O)c1cccc(NC(=O)c2ccc(C(F)(F)F)cc2Oc2ccc(CO)cc2Cl)c1. The van der Waals surface area contributed by atoms with E-state index in [2.05, 4.69) is 5.32 Å². The van der Waals surface area contributed by atoms with E-state index in [9.17, 15) is 31.5 Å². The molecule has 0 saturated heterocycles. The third-order valence-corrected chi connectivity index (χ3v) is 5.58. The number of hydrogen-bond donors (Lipinski definition) is 3. The van der Waals surface area contributed by atoms with Crippen molar-refractivity contribution in [2.45, 2.75) is 17.7 Å². The highest BCUT2D eigenvalue weighted by atomic mass is 35.5. The zero-order chi connectivity index (χ0) is 24.4. The molecule has 3 aromatic rings. The van der Waals surface area contributed by atoms with Gasteiger partial charge in [0.25, 0.3) is 5.91 Å². The Kier molecular flexibility index (Phi) is 6.98. The first-order valence-corrected chi connectivity index (χ1v) is 11.0. The average Bonchev–Trinajstić information content (AvgIpc) is 2.74. The molecule has 1 amide bonds. The number of primary sulfonamides is 1. The summed E-state index contributed by atoms with van der Waals surface area (Å²) in [4.78, 5) is 12.5. The van der Waals surface area contributed by atoms with Crippen LogP contribution < -0.4 is 15.2 Å². The highest BCUT2D eigenvalue weighted by Gasteiger charge is 2.32. The number of ether oxygens (including phenoxy) is 1. The van der Waals surface area contributed by atoms with Crippen LogP contribution in [0.2, 0.25) is 5.02 Å². The number of nitrogens with two attached hydrogens (primary N) is 1. The molecule has 0 aliphatic rings. The number of nitrogens with one attached hydrogen (secondary N) is 1. The fourth-order valence-corrected chi connectivity index (χ4v) is 3.57. The predicted octanol–water partition coefficient (Wildman–Crippen LogP) is 4.54. The maximum Gasteiger partial charge on any atom is 0.416 e. The van der Waals surface area contributed by atoms with Crippen LogP contribution in [0.15, 0.2) is 65.6 Å². The van der Waals surface area contributed by atoms with Gasteiger partial charge in [-0.05, 0) is 54.1 Å². The van der Waals surface area contributed by atoms with Crippen LogP contribution in [0, 0.1) is 0 Å². The molecule has 3 aromatic carbocycles. The van der Waals surface area contributed by atoms with Crippen molar-refractivity contribution in [2.75, 3.05) is 5.32 Å². The first-order chi connectivity index (χ1) is 15.4. The predicted molar refractivity (Wildman–Crippen MR) is 115 cm³/mol. The van der Waals surface area contributed by atoms with Gasteiger partial charge >= 0.3 is 6.18 Å². The average molecular weight is 501 g/mol. The lowest BCUT2D eigenvalue weighted by molar-refractivity contribution is -0.137. The summed E-state index contributed by atoms with van der Waals surface area (Å²) >= 11 is 6.08. The Balaban J connectivity index is 2.00. The van der Waals surface area contributed by atoms with Gasteiger partial charge in [0, 0.05) is 5.69 Å². The molecule has 0 spiro atoms. The molecule has 0 aromatic heterocycles. The zero-order valence-electron chi connectivity index (χ0n) is 16.6. The Morgan fingerprint density at radius 3 is 2.39 bits per heavy atom. The fourth-order valence-electron chi connectivity index (χ4n) is 2.76. The number of sulfonamides is 1. The third-order valence-electron chi connectivity index (χ3n) is 4.37. The Morgan fingerprint density at radius 2 is 1.79 bits per heavy atom. The van der Waals surface area contributed by atoms with Gasteiger partial charge in [0.05, 0.1) is 27.7 Å². The Morgan fingerprint density at radius 1 is 1.06 bits per heavy atom. The molecule has 3 rings (SSSR count). The first-order valence-electron chi connectivity index (χ1n) is 9.11. The van der Waals surface area contributed by atoms with E-state index in [0.717, 1.165) is 12.1 Å². The maximum atomic E-state index is 13.2. The first kappa shape index (κ1) is 24.5. The van der Waals surface area contributed by atoms with Crippen molar-refractivity contribution in [1.82, 2.24) is 0 Å². The number of benzene rings is 3. The largest absolute Gasteiger partial charge is 0.455 e. The molecule has 7 nitrogen and oxygen atoms in total. The minimum absolute atomic E-state index is 0.00572. The van der Waals surface area contributed by atoms with Gasteiger partial charge in [0.2, 0.25) is 10.0 Å². The lowest BCUT2D eigenvalue weighted by atomic mass is 10.1. The summed E-state index contributed by atoms with van der Waals surface area (Å²) in [7, 11) is -4.04. The summed E-state index contributed by atoms with van der Waals surface area (Å²) < 4.78 is 68.3. The van der Waals surface area contributed by atoms with E-state index < -0.39 is 33.4 Å². The van der Waals surface area contributed by atoms with E-state index in [0.29, 0.717) is 17.7 Å². The van der Waals surface area contributed by atoms with Gasteiger partial charge in [-0.15, -0.1) is 0 Å². The summed E-state index contributed by atoms with van der Waals surface area (Å²) in [6, 6.07) is 11.5. The van der Waals surface area contributed by atoms with E-state index in [4.69, 9.17) is 21.5 Å². The molecule has 0 bridgehead atoms. The molecule has 33 heavy (non-hydrogen) atoms. The van der Waals surface area contributed by atoms with Crippen LogP contribution in [0.25, 0.3) is 0 Å². The van der Waals surface area contributed by atoms with Crippen LogP contribution in [0.1, 0.15) is 21.5 Å². The molecule has 0 radical (unpaired) electrons. The summed E-state index contributed by atoms with van der Waals surface area (Å²) in [5.41, 5.74) is -0.841. The van der Waals surface area contributed by atoms with E-state index in [-0.39, 0.29) is 33.5 Å². The van der Waals surface area contributed by atoms with Crippen molar-refractivity contribution in [2.24, 2.45) is 5.14 Å². The molecule has 0 fully saturated rings. The summed E-state index contributed by atoms with van der Waals surface area (Å²) in [6.07, 6.45) is -4.71. The summed E-state index contributed by atoms with van der Waals surface area (Å²) in [5.74, 6) is -1.35. The highest BCUT2D eigenvalue weighted by Crippen LogP contribution is 2.37. The Bertz CT molecular complexity index is 1310.